The van der Waals surface area contributed by atoms with Crippen LogP contribution in [0.2, 0.25) is 5.02 Å². The van der Waals surface area contributed by atoms with Crippen LogP contribution in [-0.2, 0) is 9.59 Å². The minimum atomic E-state index is -1.13. The summed E-state index contributed by atoms with van der Waals surface area (Å²) in [6.07, 6.45) is 0. The van der Waals surface area contributed by atoms with Gasteiger partial charge < -0.3 is 24.1 Å². The van der Waals surface area contributed by atoms with Crippen molar-refractivity contribution in [2.24, 2.45) is 0 Å². The second-order valence-corrected chi connectivity index (χ2v) is 8.50. The molecule has 1 unspecified atom stereocenters. The molecule has 3 aromatic rings. The molecule has 1 atom stereocenters. The van der Waals surface area contributed by atoms with E-state index in [0.29, 0.717) is 22.6 Å². The van der Waals surface area contributed by atoms with Crippen LogP contribution in [0, 0.1) is 11.3 Å². The SMILES string of the molecule is COc1cc(/C(O)=C2\C(=O)C(=O)N(c3ccc(C#N)cc3)C2c2cccc(OC)c2OC)c(OC)cc1Cl. The van der Waals surface area contributed by atoms with Crippen LogP contribution in [0.25, 0.3) is 5.76 Å². The van der Waals surface area contributed by atoms with Crippen LogP contribution in [0.1, 0.15) is 22.7 Å². The van der Waals surface area contributed by atoms with E-state index in [0.717, 1.165) is 0 Å². The second kappa shape index (κ2) is 10.7. The zero-order chi connectivity index (χ0) is 27.6. The number of hydrogen-bond acceptors (Lipinski definition) is 8. The highest BCUT2D eigenvalue weighted by Crippen LogP contribution is 2.48. The molecule has 38 heavy (non-hydrogen) atoms. The van der Waals surface area contributed by atoms with Gasteiger partial charge in [-0.15, -0.1) is 0 Å². The van der Waals surface area contributed by atoms with Gasteiger partial charge in [0.15, 0.2) is 11.5 Å². The number of benzene rings is 3. The van der Waals surface area contributed by atoms with Crippen molar-refractivity contribution >= 4 is 34.7 Å². The first-order valence-corrected chi connectivity index (χ1v) is 11.6. The Bertz CT molecular complexity index is 1490. The van der Waals surface area contributed by atoms with Crippen LogP contribution >= 0.6 is 11.6 Å². The van der Waals surface area contributed by atoms with Crippen LogP contribution in [0.4, 0.5) is 5.69 Å². The summed E-state index contributed by atoms with van der Waals surface area (Å²) in [5, 5.41) is 21.0. The number of methoxy groups -OCH3 is 4. The molecule has 0 spiro atoms. The van der Waals surface area contributed by atoms with Crippen molar-refractivity contribution in [2.45, 2.75) is 6.04 Å². The number of ether oxygens (including phenoxy) is 4. The summed E-state index contributed by atoms with van der Waals surface area (Å²) in [7, 11) is 5.68. The highest BCUT2D eigenvalue weighted by atomic mass is 35.5. The van der Waals surface area contributed by atoms with Gasteiger partial charge in [-0.2, -0.15) is 5.26 Å². The highest BCUT2D eigenvalue weighted by molar-refractivity contribution is 6.51. The number of rotatable bonds is 7. The summed E-state index contributed by atoms with van der Waals surface area (Å²) in [5.41, 5.74) is 0.975. The van der Waals surface area contributed by atoms with Crippen LogP contribution in [0.3, 0.4) is 0 Å². The van der Waals surface area contributed by atoms with Gasteiger partial charge in [0.1, 0.15) is 17.3 Å². The summed E-state index contributed by atoms with van der Waals surface area (Å²) < 4.78 is 21.8. The van der Waals surface area contributed by atoms with E-state index in [-0.39, 0.29) is 33.4 Å². The average molecular weight is 535 g/mol. The normalized spacial score (nSPS) is 16.2. The standard InChI is InChI=1S/C28H23ClN2O7/c1-35-20-7-5-6-17(27(20)38-4)24-23(25(32)18-12-22(37-3)19(29)13-21(18)36-2)26(33)28(34)31(24)16-10-8-15(14-30)9-11-16/h5-13,24,32H,1-4H3/b25-23+. The zero-order valence-electron chi connectivity index (χ0n) is 20.9. The van der Waals surface area contributed by atoms with Gasteiger partial charge in [0.2, 0.25) is 0 Å². The maximum Gasteiger partial charge on any atom is 0.300 e. The summed E-state index contributed by atoms with van der Waals surface area (Å²) >= 11 is 6.24. The number of para-hydroxylation sites is 1. The van der Waals surface area contributed by atoms with Crippen molar-refractivity contribution < 1.29 is 33.6 Å². The maximum atomic E-state index is 13.6. The molecule has 3 aromatic carbocycles. The van der Waals surface area contributed by atoms with E-state index < -0.39 is 23.5 Å². The third kappa shape index (κ3) is 4.35. The fourth-order valence-electron chi connectivity index (χ4n) is 4.41. The van der Waals surface area contributed by atoms with Gasteiger partial charge >= 0.3 is 0 Å². The second-order valence-electron chi connectivity index (χ2n) is 8.10. The van der Waals surface area contributed by atoms with E-state index in [4.69, 9.17) is 30.5 Å². The highest BCUT2D eigenvalue weighted by Gasteiger charge is 2.48. The van der Waals surface area contributed by atoms with Gasteiger partial charge in [0.25, 0.3) is 11.7 Å². The van der Waals surface area contributed by atoms with Gasteiger partial charge in [-0.05, 0) is 36.4 Å². The lowest BCUT2D eigenvalue weighted by atomic mass is 9.93. The number of ketones is 1. The van der Waals surface area contributed by atoms with Crippen LogP contribution < -0.4 is 23.8 Å². The number of Topliss-reactive ketones (excluding diaryl/α,β-unsaturated/α-hetero) is 1. The number of carbonyl (C=O) groups is 2. The van der Waals surface area contributed by atoms with Gasteiger partial charge in [0, 0.05) is 17.3 Å². The van der Waals surface area contributed by atoms with Gasteiger partial charge in [-0.3, -0.25) is 14.5 Å². The van der Waals surface area contributed by atoms with Gasteiger partial charge in [-0.25, -0.2) is 0 Å². The van der Waals surface area contributed by atoms with Crippen molar-refractivity contribution in [1.29, 1.82) is 5.26 Å². The molecule has 9 nitrogen and oxygen atoms in total. The Kier molecular flexibility index (Phi) is 7.46. The molecule has 10 heteroatoms. The molecule has 0 aromatic heterocycles. The number of hydrogen-bond donors (Lipinski definition) is 1. The fraction of sp³-hybridized carbons (Fsp3) is 0.179. The lowest BCUT2D eigenvalue weighted by Crippen LogP contribution is -2.29. The zero-order valence-corrected chi connectivity index (χ0v) is 21.7. The first kappa shape index (κ1) is 26.4. The maximum absolute atomic E-state index is 13.6. The number of halogens is 1. The smallest absolute Gasteiger partial charge is 0.300 e. The van der Waals surface area contributed by atoms with Gasteiger partial charge in [0.05, 0.1) is 62.3 Å². The van der Waals surface area contributed by atoms with Crippen molar-refractivity contribution in [3.63, 3.8) is 0 Å². The number of carbonyl (C=O) groups excluding carboxylic acids is 2. The summed E-state index contributed by atoms with van der Waals surface area (Å²) in [6.45, 7) is 0. The summed E-state index contributed by atoms with van der Waals surface area (Å²) in [5.74, 6) is -1.29. The molecular formula is C28H23ClN2O7. The molecule has 1 fully saturated rings. The van der Waals surface area contributed by atoms with Crippen molar-refractivity contribution in [3.05, 3.63) is 81.9 Å². The Morgan fingerprint density at radius 2 is 1.58 bits per heavy atom. The van der Waals surface area contributed by atoms with Gasteiger partial charge in [-0.1, -0.05) is 23.7 Å². The molecular weight excluding hydrogens is 512 g/mol. The number of amides is 1. The summed E-state index contributed by atoms with van der Waals surface area (Å²) in [4.78, 5) is 28.3. The molecule has 4 rings (SSSR count). The van der Waals surface area contributed by atoms with Crippen LogP contribution in [-0.4, -0.2) is 45.2 Å². The van der Waals surface area contributed by atoms with E-state index in [1.807, 2.05) is 6.07 Å². The fourth-order valence-corrected chi connectivity index (χ4v) is 4.64. The molecule has 0 radical (unpaired) electrons. The van der Waals surface area contributed by atoms with Crippen molar-refractivity contribution in [2.75, 3.05) is 33.3 Å². The Morgan fingerprint density at radius 3 is 2.16 bits per heavy atom. The average Bonchev–Trinajstić information content (AvgIpc) is 3.21. The van der Waals surface area contributed by atoms with Crippen LogP contribution in [0.15, 0.2) is 60.2 Å². The van der Waals surface area contributed by atoms with Crippen LogP contribution in [0.5, 0.6) is 23.0 Å². The largest absolute Gasteiger partial charge is 0.507 e. The lowest BCUT2D eigenvalue weighted by molar-refractivity contribution is -0.132. The topological polar surface area (TPSA) is 118 Å². The Hall–Kier alpha value is -4.68. The lowest BCUT2D eigenvalue weighted by Gasteiger charge is -2.27. The third-order valence-corrected chi connectivity index (χ3v) is 6.47. The van der Waals surface area contributed by atoms with Crippen molar-refractivity contribution in [1.82, 2.24) is 0 Å². The van der Waals surface area contributed by atoms with E-state index in [9.17, 15) is 20.0 Å². The van der Waals surface area contributed by atoms with Crippen molar-refractivity contribution in [3.8, 4) is 29.1 Å². The Labute approximate surface area is 224 Å². The minimum Gasteiger partial charge on any atom is -0.507 e. The molecule has 1 aliphatic rings. The number of nitrogens with zero attached hydrogens (tertiary/aromatic N) is 2. The predicted molar refractivity (Wildman–Crippen MR) is 140 cm³/mol. The number of nitriles is 1. The third-order valence-electron chi connectivity index (χ3n) is 6.18. The first-order chi connectivity index (χ1) is 18.3. The molecule has 0 bridgehead atoms. The molecule has 1 amide bonds. The molecule has 1 N–H and O–H groups in total. The number of anilines is 1. The Morgan fingerprint density at radius 1 is 0.921 bits per heavy atom. The van der Waals surface area contributed by atoms with E-state index in [2.05, 4.69) is 0 Å². The number of aliphatic hydroxyl groups is 1. The Balaban J connectivity index is 2.06. The monoisotopic (exact) mass is 534 g/mol. The quantitative estimate of drug-likeness (QED) is 0.259. The molecule has 0 aliphatic carbocycles. The van der Waals surface area contributed by atoms with E-state index in [1.165, 1.54) is 57.6 Å². The molecule has 1 saturated heterocycles. The molecule has 1 aliphatic heterocycles. The molecule has 0 saturated carbocycles. The minimum absolute atomic E-state index is 0.0958. The summed E-state index contributed by atoms with van der Waals surface area (Å²) in [6, 6.07) is 14.9. The van der Waals surface area contributed by atoms with E-state index in [1.54, 1.807) is 30.3 Å². The predicted octanol–water partition coefficient (Wildman–Crippen LogP) is 4.87. The van der Waals surface area contributed by atoms with E-state index >= 15 is 0 Å². The molecule has 194 valence electrons. The first-order valence-electron chi connectivity index (χ1n) is 11.2. The number of aliphatic hydroxyl groups excluding tert-OH is 1. The molecule has 1 heterocycles.